The van der Waals surface area contributed by atoms with Crippen LogP contribution in [-0.4, -0.2) is 16.7 Å². The first-order valence-corrected chi connectivity index (χ1v) is 5.54. The van der Waals surface area contributed by atoms with E-state index in [2.05, 4.69) is 0 Å². The molecule has 0 unspecified atom stereocenters. The topological polar surface area (TPSA) is 72.5 Å². The molecule has 0 aliphatic rings. The molecule has 0 aliphatic carbocycles. The maximum atomic E-state index is 11.5. The monoisotopic (exact) mass is 237 g/mol. The Bertz CT molecular complexity index is 396. The lowest BCUT2D eigenvalue weighted by molar-refractivity contribution is -0.157. The molecular weight excluding hydrogens is 218 g/mol. The number of ether oxygens (including phenoxy) is 1. The van der Waals surface area contributed by atoms with Crippen LogP contribution in [0.3, 0.4) is 0 Å². The Balaban J connectivity index is 2.64. The largest absolute Gasteiger partial charge is 0.460 e. The van der Waals surface area contributed by atoms with Crippen LogP contribution in [0.4, 0.5) is 5.69 Å². The van der Waals surface area contributed by atoms with Crippen molar-refractivity contribution in [3.63, 3.8) is 0 Å². The van der Waals surface area contributed by atoms with Crippen molar-refractivity contribution in [3.05, 3.63) is 29.8 Å². The predicted octanol–water partition coefficient (Wildman–Crippen LogP) is 2.03. The van der Waals surface area contributed by atoms with Crippen molar-refractivity contribution in [2.24, 2.45) is 0 Å². The summed E-state index contributed by atoms with van der Waals surface area (Å²) in [6.45, 7) is 5.36. The van der Waals surface area contributed by atoms with Gasteiger partial charge in [0.15, 0.2) is 0 Å². The highest BCUT2D eigenvalue weighted by Crippen LogP contribution is 2.23. The lowest BCUT2D eigenvalue weighted by atomic mass is 10.0. The molecule has 94 valence electrons. The Morgan fingerprint density at radius 1 is 1.41 bits per heavy atom. The van der Waals surface area contributed by atoms with E-state index in [9.17, 15) is 9.90 Å². The van der Waals surface area contributed by atoms with E-state index in [1.807, 2.05) is 0 Å². The normalized spacial score (nSPS) is 13.2. The van der Waals surface area contributed by atoms with Crippen molar-refractivity contribution in [2.75, 3.05) is 5.73 Å². The van der Waals surface area contributed by atoms with E-state index in [1.165, 1.54) is 0 Å². The number of benzene rings is 1. The van der Waals surface area contributed by atoms with Gasteiger partial charge in [-0.2, -0.15) is 0 Å². The molecule has 1 atom stereocenters. The van der Waals surface area contributed by atoms with Crippen molar-refractivity contribution in [1.29, 1.82) is 0 Å². The average molecular weight is 237 g/mol. The molecule has 0 aliphatic heterocycles. The second-order valence-corrected chi connectivity index (χ2v) is 4.94. The lowest BCUT2D eigenvalue weighted by Gasteiger charge is -2.21. The highest BCUT2D eigenvalue weighted by molar-refractivity contribution is 5.71. The van der Waals surface area contributed by atoms with Gasteiger partial charge < -0.3 is 15.6 Å². The predicted molar refractivity (Wildman–Crippen MR) is 66.3 cm³/mol. The number of aliphatic hydroxyl groups excluding tert-OH is 1. The van der Waals surface area contributed by atoms with Gasteiger partial charge in [0, 0.05) is 11.3 Å². The highest BCUT2D eigenvalue weighted by Gasteiger charge is 2.20. The number of carbonyl (C=O) groups excluding carboxylic acids is 1. The van der Waals surface area contributed by atoms with E-state index < -0.39 is 17.7 Å². The number of nitrogens with two attached hydrogens (primary N) is 1. The Hall–Kier alpha value is -1.55. The number of nitrogen functional groups attached to an aromatic ring is 1. The summed E-state index contributed by atoms with van der Waals surface area (Å²) in [4.78, 5) is 11.5. The van der Waals surface area contributed by atoms with Gasteiger partial charge in [0.1, 0.15) is 5.60 Å². The molecule has 17 heavy (non-hydrogen) atoms. The summed E-state index contributed by atoms with van der Waals surface area (Å²) < 4.78 is 5.13. The molecular formula is C13H19NO3. The Morgan fingerprint density at radius 2 is 2.00 bits per heavy atom. The quantitative estimate of drug-likeness (QED) is 0.623. The van der Waals surface area contributed by atoms with Gasteiger partial charge in [-0.05, 0) is 26.8 Å². The van der Waals surface area contributed by atoms with Crippen LogP contribution >= 0.6 is 0 Å². The van der Waals surface area contributed by atoms with Gasteiger partial charge in [-0.3, -0.25) is 4.79 Å². The first kappa shape index (κ1) is 13.5. The minimum atomic E-state index is -0.925. The van der Waals surface area contributed by atoms with E-state index in [-0.39, 0.29) is 6.42 Å². The summed E-state index contributed by atoms with van der Waals surface area (Å²) in [6, 6.07) is 6.93. The third-order valence-corrected chi connectivity index (χ3v) is 2.14. The highest BCUT2D eigenvalue weighted by atomic mass is 16.6. The van der Waals surface area contributed by atoms with E-state index in [0.717, 1.165) is 0 Å². The molecule has 0 bridgehead atoms. The number of rotatable bonds is 3. The van der Waals surface area contributed by atoms with Gasteiger partial charge in [-0.25, -0.2) is 0 Å². The maximum Gasteiger partial charge on any atom is 0.309 e. The van der Waals surface area contributed by atoms with E-state index in [4.69, 9.17) is 10.5 Å². The van der Waals surface area contributed by atoms with Crippen molar-refractivity contribution >= 4 is 11.7 Å². The third kappa shape index (κ3) is 4.44. The maximum absolute atomic E-state index is 11.5. The summed E-state index contributed by atoms with van der Waals surface area (Å²) in [5.41, 5.74) is 6.20. The van der Waals surface area contributed by atoms with E-state index >= 15 is 0 Å². The van der Waals surface area contributed by atoms with Crippen molar-refractivity contribution in [1.82, 2.24) is 0 Å². The SMILES string of the molecule is CC(C)(C)OC(=O)C[C@@H](O)c1ccccc1N. The van der Waals surface area contributed by atoms with Crippen LogP contribution in [0.25, 0.3) is 0 Å². The molecule has 0 spiro atoms. The van der Waals surface area contributed by atoms with E-state index in [0.29, 0.717) is 11.3 Å². The zero-order chi connectivity index (χ0) is 13.1. The van der Waals surface area contributed by atoms with Gasteiger partial charge in [0.05, 0.1) is 12.5 Å². The molecule has 3 N–H and O–H groups in total. The molecule has 0 amide bonds. The number of para-hydroxylation sites is 1. The Labute approximate surface area is 101 Å². The van der Waals surface area contributed by atoms with Crippen molar-refractivity contribution in [2.45, 2.75) is 38.9 Å². The number of esters is 1. The van der Waals surface area contributed by atoms with Gasteiger partial charge in [0.25, 0.3) is 0 Å². The van der Waals surface area contributed by atoms with Crippen LogP contribution in [-0.2, 0) is 9.53 Å². The first-order valence-electron chi connectivity index (χ1n) is 5.54. The molecule has 0 radical (unpaired) electrons. The molecule has 0 aromatic heterocycles. The molecule has 0 saturated heterocycles. The number of hydrogen-bond acceptors (Lipinski definition) is 4. The summed E-state index contributed by atoms with van der Waals surface area (Å²) in [5.74, 6) is -0.437. The van der Waals surface area contributed by atoms with Crippen LogP contribution in [0.15, 0.2) is 24.3 Å². The molecule has 4 heteroatoms. The van der Waals surface area contributed by atoms with Gasteiger partial charge in [-0.15, -0.1) is 0 Å². The lowest BCUT2D eigenvalue weighted by Crippen LogP contribution is -2.25. The minimum absolute atomic E-state index is 0.0918. The van der Waals surface area contributed by atoms with Crippen LogP contribution < -0.4 is 5.73 Å². The van der Waals surface area contributed by atoms with Gasteiger partial charge in [0.2, 0.25) is 0 Å². The van der Waals surface area contributed by atoms with Crippen LogP contribution in [0.5, 0.6) is 0 Å². The van der Waals surface area contributed by atoms with Crippen molar-refractivity contribution in [3.8, 4) is 0 Å². The molecule has 0 heterocycles. The molecule has 1 aromatic rings. The zero-order valence-corrected chi connectivity index (χ0v) is 10.4. The van der Waals surface area contributed by atoms with Crippen LogP contribution in [0, 0.1) is 0 Å². The number of hydrogen-bond donors (Lipinski definition) is 2. The fourth-order valence-corrected chi connectivity index (χ4v) is 1.47. The fraction of sp³-hybridized carbons (Fsp3) is 0.462. The number of carbonyl (C=O) groups is 1. The first-order chi connectivity index (χ1) is 7.79. The second-order valence-electron chi connectivity index (χ2n) is 4.94. The van der Waals surface area contributed by atoms with Gasteiger partial charge >= 0.3 is 5.97 Å². The average Bonchev–Trinajstić information content (AvgIpc) is 2.14. The Kier molecular flexibility index (Phi) is 4.12. The zero-order valence-electron chi connectivity index (χ0n) is 10.4. The van der Waals surface area contributed by atoms with Crippen molar-refractivity contribution < 1.29 is 14.6 Å². The Morgan fingerprint density at radius 3 is 2.53 bits per heavy atom. The third-order valence-electron chi connectivity index (χ3n) is 2.14. The molecule has 0 saturated carbocycles. The summed E-state index contributed by atoms with van der Waals surface area (Å²) in [6.07, 6.45) is -1.02. The second kappa shape index (κ2) is 5.19. The van der Waals surface area contributed by atoms with Gasteiger partial charge in [-0.1, -0.05) is 18.2 Å². The van der Waals surface area contributed by atoms with Crippen LogP contribution in [0.1, 0.15) is 38.9 Å². The van der Waals surface area contributed by atoms with Crippen LogP contribution in [0.2, 0.25) is 0 Å². The molecule has 4 nitrogen and oxygen atoms in total. The minimum Gasteiger partial charge on any atom is -0.460 e. The summed E-state index contributed by atoms with van der Waals surface area (Å²) >= 11 is 0. The number of aliphatic hydroxyl groups is 1. The summed E-state index contributed by atoms with van der Waals surface area (Å²) in [7, 11) is 0. The molecule has 0 fully saturated rings. The standard InChI is InChI=1S/C13H19NO3/c1-13(2,3)17-12(16)8-11(15)9-6-4-5-7-10(9)14/h4-7,11,15H,8,14H2,1-3H3/t11-/m1/s1. The van der Waals surface area contributed by atoms with E-state index in [1.54, 1.807) is 45.0 Å². The molecule has 1 rings (SSSR count). The summed E-state index contributed by atoms with van der Waals surface area (Å²) in [5, 5.41) is 9.89. The smallest absolute Gasteiger partial charge is 0.309 e. The molecule has 1 aromatic carbocycles. The number of anilines is 1. The fourth-order valence-electron chi connectivity index (χ4n) is 1.47.